The van der Waals surface area contributed by atoms with Crippen molar-refractivity contribution in [1.82, 2.24) is 0 Å². The molecule has 0 spiro atoms. The molecule has 0 aliphatic rings. The number of ether oxygens (including phenoxy) is 1. The standard InChI is InChI=1S/C9H16O3S/c1-4-6-12-9(11)7(3)13-8(10)5-2/h7H,4-6H2,1-3H3. The Hall–Kier alpha value is -0.510. The Bertz CT molecular complexity index is 180. The molecule has 13 heavy (non-hydrogen) atoms. The topological polar surface area (TPSA) is 43.4 Å². The lowest BCUT2D eigenvalue weighted by Crippen LogP contribution is -2.18. The van der Waals surface area contributed by atoms with E-state index in [1.807, 2.05) is 6.92 Å². The fourth-order valence-corrected chi connectivity index (χ4v) is 1.37. The molecule has 0 N–H and O–H groups in total. The number of hydrogen-bond donors (Lipinski definition) is 0. The van der Waals surface area contributed by atoms with Gasteiger partial charge in [0.1, 0.15) is 5.25 Å². The van der Waals surface area contributed by atoms with Crippen molar-refractivity contribution in [2.24, 2.45) is 0 Å². The van der Waals surface area contributed by atoms with Gasteiger partial charge < -0.3 is 4.74 Å². The maximum absolute atomic E-state index is 11.2. The van der Waals surface area contributed by atoms with E-state index in [0.29, 0.717) is 13.0 Å². The predicted molar refractivity (Wildman–Crippen MR) is 53.6 cm³/mol. The molecule has 0 aromatic heterocycles. The van der Waals surface area contributed by atoms with E-state index in [0.717, 1.165) is 18.2 Å². The second kappa shape index (κ2) is 6.95. The van der Waals surface area contributed by atoms with Crippen LogP contribution in [0.4, 0.5) is 0 Å². The van der Waals surface area contributed by atoms with Crippen molar-refractivity contribution in [3.8, 4) is 0 Å². The van der Waals surface area contributed by atoms with Crippen molar-refractivity contribution in [1.29, 1.82) is 0 Å². The number of rotatable bonds is 5. The zero-order valence-electron chi connectivity index (χ0n) is 8.33. The van der Waals surface area contributed by atoms with E-state index in [4.69, 9.17) is 4.74 Å². The fourth-order valence-electron chi connectivity index (χ4n) is 0.649. The van der Waals surface area contributed by atoms with Crippen LogP contribution in [-0.4, -0.2) is 22.9 Å². The van der Waals surface area contributed by atoms with Gasteiger partial charge in [-0.15, -0.1) is 0 Å². The average Bonchev–Trinajstić information content (AvgIpc) is 2.13. The monoisotopic (exact) mass is 204 g/mol. The molecule has 1 atom stereocenters. The van der Waals surface area contributed by atoms with E-state index in [1.54, 1.807) is 13.8 Å². The first-order valence-electron chi connectivity index (χ1n) is 4.47. The van der Waals surface area contributed by atoms with Gasteiger partial charge in [0.2, 0.25) is 0 Å². The third kappa shape index (κ3) is 5.69. The van der Waals surface area contributed by atoms with E-state index in [2.05, 4.69) is 0 Å². The molecule has 0 saturated carbocycles. The first kappa shape index (κ1) is 12.5. The molecule has 76 valence electrons. The minimum absolute atomic E-state index is 0.0287. The summed E-state index contributed by atoms with van der Waals surface area (Å²) < 4.78 is 4.89. The molecule has 3 nitrogen and oxygen atoms in total. The van der Waals surface area contributed by atoms with Crippen LogP contribution >= 0.6 is 11.8 Å². The summed E-state index contributed by atoms with van der Waals surface area (Å²) in [5.74, 6) is -0.298. The normalized spacial score (nSPS) is 12.2. The van der Waals surface area contributed by atoms with Gasteiger partial charge in [0.15, 0.2) is 5.12 Å². The van der Waals surface area contributed by atoms with Crippen LogP contribution < -0.4 is 0 Å². The summed E-state index contributed by atoms with van der Waals surface area (Å²) in [6, 6.07) is 0. The highest BCUT2D eigenvalue weighted by Gasteiger charge is 2.17. The molecular formula is C9H16O3S. The van der Waals surface area contributed by atoms with Crippen LogP contribution in [-0.2, 0) is 14.3 Å². The van der Waals surface area contributed by atoms with Gasteiger partial charge in [0.25, 0.3) is 0 Å². The van der Waals surface area contributed by atoms with Gasteiger partial charge in [-0.3, -0.25) is 9.59 Å². The Balaban J connectivity index is 3.75. The van der Waals surface area contributed by atoms with Crippen molar-refractivity contribution in [3.63, 3.8) is 0 Å². The quantitative estimate of drug-likeness (QED) is 0.642. The third-order valence-corrected chi connectivity index (χ3v) is 2.47. The summed E-state index contributed by atoms with van der Waals surface area (Å²) in [5, 5.41) is -0.347. The predicted octanol–water partition coefficient (Wildman–Crippen LogP) is 2.00. The highest BCUT2D eigenvalue weighted by molar-refractivity contribution is 8.14. The largest absolute Gasteiger partial charge is 0.465 e. The number of esters is 1. The summed E-state index contributed by atoms with van der Waals surface area (Å²) in [4.78, 5) is 22.1. The first-order chi connectivity index (χ1) is 6.11. The van der Waals surface area contributed by atoms with E-state index in [-0.39, 0.29) is 16.3 Å². The van der Waals surface area contributed by atoms with Crippen molar-refractivity contribution in [3.05, 3.63) is 0 Å². The maximum atomic E-state index is 11.2. The molecule has 0 aliphatic heterocycles. The summed E-state index contributed by atoms with van der Waals surface area (Å²) in [6.07, 6.45) is 1.26. The molecule has 0 aromatic rings. The Morgan fingerprint density at radius 2 is 2.00 bits per heavy atom. The number of carbonyl (C=O) groups excluding carboxylic acids is 2. The molecule has 0 fully saturated rings. The Labute approximate surface area is 83.2 Å². The van der Waals surface area contributed by atoms with Crippen LogP contribution in [0.5, 0.6) is 0 Å². The highest BCUT2D eigenvalue weighted by atomic mass is 32.2. The lowest BCUT2D eigenvalue weighted by atomic mass is 10.5. The van der Waals surface area contributed by atoms with Gasteiger partial charge >= 0.3 is 5.97 Å². The maximum Gasteiger partial charge on any atom is 0.319 e. The number of thioether (sulfide) groups is 1. The van der Waals surface area contributed by atoms with Gasteiger partial charge in [0, 0.05) is 6.42 Å². The molecule has 0 bridgehead atoms. The van der Waals surface area contributed by atoms with Gasteiger partial charge in [-0.1, -0.05) is 25.6 Å². The molecule has 0 radical (unpaired) electrons. The van der Waals surface area contributed by atoms with E-state index >= 15 is 0 Å². The first-order valence-corrected chi connectivity index (χ1v) is 5.35. The molecule has 0 aliphatic carbocycles. The third-order valence-electron chi connectivity index (χ3n) is 1.38. The SMILES string of the molecule is CCCOC(=O)C(C)SC(=O)CC. The molecule has 0 rings (SSSR count). The fraction of sp³-hybridized carbons (Fsp3) is 0.778. The van der Waals surface area contributed by atoms with Gasteiger partial charge in [0.05, 0.1) is 6.61 Å². The lowest BCUT2D eigenvalue weighted by molar-refractivity contribution is -0.142. The summed E-state index contributed by atoms with van der Waals surface area (Å²) in [5.41, 5.74) is 0. The Kier molecular flexibility index (Phi) is 6.68. The van der Waals surface area contributed by atoms with Gasteiger partial charge in [-0.05, 0) is 13.3 Å². The Morgan fingerprint density at radius 3 is 2.46 bits per heavy atom. The van der Waals surface area contributed by atoms with E-state index in [9.17, 15) is 9.59 Å². The lowest BCUT2D eigenvalue weighted by Gasteiger charge is -2.08. The highest BCUT2D eigenvalue weighted by Crippen LogP contribution is 2.14. The zero-order chi connectivity index (χ0) is 10.3. The van der Waals surface area contributed by atoms with Crippen molar-refractivity contribution >= 4 is 22.8 Å². The second-order valence-electron chi connectivity index (χ2n) is 2.65. The average molecular weight is 204 g/mol. The van der Waals surface area contributed by atoms with Crippen LogP contribution in [0.15, 0.2) is 0 Å². The van der Waals surface area contributed by atoms with Crippen molar-refractivity contribution < 1.29 is 14.3 Å². The molecule has 4 heteroatoms. The van der Waals surface area contributed by atoms with Gasteiger partial charge in [-0.2, -0.15) is 0 Å². The molecule has 0 amide bonds. The van der Waals surface area contributed by atoms with Crippen LogP contribution in [0.25, 0.3) is 0 Å². The van der Waals surface area contributed by atoms with Crippen molar-refractivity contribution in [2.75, 3.05) is 6.61 Å². The Morgan fingerprint density at radius 1 is 1.38 bits per heavy atom. The van der Waals surface area contributed by atoms with Crippen LogP contribution in [0, 0.1) is 0 Å². The minimum atomic E-state index is -0.376. The van der Waals surface area contributed by atoms with E-state index < -0.39 is 0 Å². The number of hydrogen-bond acceptors (Lipinski definition) is 4. The molecule has 0 heterocycles. The van der Waals surface area contributed by atoms with Crippen molar-refractivity contribution in [2.45, 2.75) is 38.9 Å². The second-order valence-corrected chi connectivity index (χ2v) is 4.05. The molecule has 0 aromatic carbocycles. The van der Waals surface area contributed by atoms with Crippen LogP contribution in [0.1, 0.15) is 33.6 Å². The zero-order valence-corrected chi connectivity index (χ0v) is 9.15. The molecule has 0 saturated heterocycles. The van der Waals surface area contributed by atoms with Crippen LogP contribution in [0.3, 0.4) is 0 Å². The summed E-state index contributed by atoms with van der Waals surface area (Å²) in [6.45, 7) is 5.84. The van der Waals surface area contributed by atoms with E-state index in [1.165, 1.54) is 0 Å². The minimum Gasteiger partial charge on any atom is -0.465 e. The number of carbonyl (C=O) groups is 2. The molecular weight excluding hydrogens is 188 g/mol. The smallest absolute Gasteiger partial charge is 0.319 e. The van der Waals surface area contributed by atoms with Crippen LogP contribution in [0.2, 0.25) is 0 Å². The molecule has 1 unspecified atom stereocenters. The summed E-state index contributed by atoms with van der Waals surface area (Å²) >= 11 is 1.04. The van der Waals surface area contributed by atoms with Gasteiger partial charge in [-0.25, -0.2) is 0 Å². The summed E-state index contributed by atoms with van der Waals surface area (Å²) in [7, 11) is 0.